The monoisotopic (exact) mass is 282 g/mol. The highest BCUT2D eigenvalue weighted by Crippen LogP contribution is 2.28. The van der Waals surface area contributed by atoms with Crippen LogP contribution in [-0.4, -0.2) is 13.1 Å². The Morgan fingerprint density at radius 3 is 2.10 bits per heavy atom. The lowest BCUT2D eigenvalue weighted by Gasteiger charge is -2.19. The van der Waals surface area contributed by atoms with Crippen molar-refractivity contribution >= 4 is 5.97 Å². The third-order valence-corrected chi connectivity index (χ3v) is 3.09. The predicted molar refractivity (Wildman–Crippen MR) is 82.2 cm³/mol. The fraction of sp³-hybridized carbons (Fsp3) is 0.167. The van der Waals surface area contributed by atoms with Gasteiger partial charge in [0.1, 0.15) is 5.75 Å². The van der Waals surface area contributed by atoms with Gasteiger partial charge in [-0.05, 0) is 30.2 Å². The van der Waals surface area contributed by atoms with Gasteiger partial charge in [0.25, 0.3) is 0 Å². The van der Waals surface area contributed by atoms with Crippen LogP contribution >= 0.6 is 0 Å². The van der Waals surface area contributed by atoms with E-state index in [-0.39, 0.29) is 0 Å². The number of hydrogen-bond acceptors (Lipinski definition) is 3. The SMILES string of the molecule is C=C(C)C(=O)OC(c1ccccc1)c1ccc(OC)cc1. The predicted octanol–water partition coefficient (Wildman–Crippen LogP) is 3.90. The van der Waals surface area contributed by atoms with E-state index in [0.717, 1.165) is 16.9 Å². The maximum absolute atomic E-state index is 11.9. The van der Waals surface area contributed by atoms with Crippen molar-refractivity contribution in [2.24, 2.45) is 0 Å². The van der Waals surface area contributed by atoms with Gasteiger partial charge in [0.15, 0.2) is 6.10 Å². The molecule has 1 unspecified atom stereocenters. The van der Waals surface area contributed by atoms with E-state index < -0.39 is 12.1 Å². The van der Waals surface area contributed by atoms with Crippen molar-refractivity contribution in [2.45, 2.75) is 13.0 Å². The van der Waals surface area contributed by atoms with Crippen molar-refractivity contribution in [1.29, 1.82) is 0 Å². The summed E-state index contributed by atoms with van der Waals surface area (Å²) in [5.41, 5.74) is 2.18. The smallest absolute Gasteiger partial charge is 0.334 e. The summed E-state index contributed by atoms with van der Waals surface area (Å²) >= 11 is 0. The Labute approximate surface area is 124 Å². The van der Waals surface area contributed by atoms with Crippen LogP contribution in [0.1, 0.15) is 24.2 Å². The number of benzene rings is 2. The topological polar surface area (TPSA) is 35.5 Å². The molecular weight excluding hydrogens is 264 g/mol. The van der Waals surface area contributed by atoms with E-state index in [2.05, 4.69) is 6.58 Å². The van der Waals surface area contributed by atoms with Crippen LogP contribution in [0.15, 0.2) is 66.7 Å². The van der Waals surface area contributed by atoms with E-state index in [1.165, 1.54) is 0 Å². The van der Waals surface area contributed by atoms with E-state index in [4.69, 9.17) is 9.47 Å². The number of hydrogen-bond donors (Lipinski definition) is 0. The van der Waals surface area contributed by atoms with Crippen LogP contribution in [0.4, 0.5) is 0 Å². The lowest BCUT2D eigenvalue weighted by molar-refractivity contribution is -0.142. The van der Waals surface area contributed by atoms with Gasteiger partial charge in [0.05, 0.1) is 7.11 Å². The standard InChI is InChI=1S/C18H18O3/c1-13(2)18(19)21-17(14-7-5-4-6-8-14)15-9-11-16(20-3)12-10-15/h4-12,17H,1H2,2-3H3. The number of carbonyl (C=O) groups is 1. The van der Waals surface area contributed by atoms with Gasteiger partial charge in [-0.25, -0.2) is 4.79 Å². The molecule has 3 nitrogen and oxygen atoms in total. The van der Waals surface area contributed by atoms with Crippen molar-refractivity contribution < 1.29 is 14.3 Å². The number of methoxy groups -OCH3 is 1. The minimum absolute atomic E-state index is 0.379. The van der Waals surface area contributed by atoms with E-state index >= 15 is 0 Å². The van der Waals surface area contributed by atoms with Gasteiger partial charge in [-0.1, -0.05) is 49.0 Å². The van der Waals surface area contributed by atoms with Crippen LogP contribution in [-0.2, 0) is 9.53 Å². The maximum Gasteiger partial charge on any atom is 0.334 e. The zero-order chi connectivity index (χ0) is 15.2. The van der Waals surface area contributed by atoms with Crippen molar-refractivity contribution in [3.05, 3.63) is 77.9 Å². The molecule has 0 aromatic heterocycles. The summed E-state index contributed by atoms with van der Waals surface area (Å²) in [4.78, 5) is 11.9. The summed E-state index contributed by atoms with van der Waals surface area (Å²) in [6, 6.07) is 17.1. The lowest BCUT2D eigenvalue weighted by Crippen LogP contribution is -2.13. The molecule has 21 heavy (non-hydrogen) atoms. The summed E-state index contributed by atoms with van der Waals surface area (Å²) < 4.78 is 10.7. The van der Waals surface area contributed by atoms with E-state index in [1.54, 1.807) is 14.0 Å². The van der Waals surface area contributed by atoms with Gasteiger partial charge in [0.2, 0.25) is 0 Å². The molecule has 3 heteroatoms. The molecule has 108 valence electrons. The molecule has 0 N–H and O–H groups in total. The van der Waals surface area contributed by atoms with Crippen LogP contribution < -0.4 is 4.74 Å². The molecule has 2 aromatic rings. The molecule has 0 fully saturated rings. The fourth-order valence-corrected chi connectivity index (χ4v) is 1.94. The Bertz CT molecular complexity index is 615. The minimum atomic E-state index is -0.457. The van der Waals surface area contributed by atoms with E-state index in [9.17, 15) is 4.79 Å². The van der Waals surface area contributed by atoms with Crippen LogP contribution in [0.5, 0.6) is 5.75 Å². The Hall–Kier alpha value is -2.55. The molecule has 2 rings (SSSR count). The van der Waals surface area contributed by atoms with Crippen LogP contribution in [0.3, 0.4) is 0 Å². The molecule has 0 aliphatic carbocycles. The Kier molecular flexibility index (Phi) is 4.77. The van der Waals surface area contributed by atoms with E-state index in [0.29, 0.717) is 5.57 Å². The third-order valence-electron chi connectivity index (χ3n) is 3.09. The summed E-state index contributed by atoms with van der Waals surface area (Å²) in [6.45, 7) is 5.27. The molecule has 0 radical (unpaired) electrons. The van der Waals surface area contributed by atoms with Gasteiger partial charge in [-0.3, -0.25) is 0 Å². The highest BCUT2D eigenvalue weighted by Gasteiger charge is 2.19. The Balaban J connectivity index is 2.35. The first-order valence-electron chi connectivity index (χ1n) is 6.67. The normalized spacial score (nSPS) is 11.5. The van der Waals surface area contributed by atoms with Gasteiger partial charge in [0, 0.05) is 5.57 Å². The van der Waals surface area contributed by atoms with Crippen molar-refractivity contribution in [3.8, 4) is 5.75 Å². The number of esters is 1. The zero-order valence-corrected chi connectivity index (χ0v) is 12.2. The third kappa shape index (κ3) is 3.72. The first-order valence-corrected chi connectivity index (χ1v) is 6.67. The lowest BCUT2D eigenvalue weighted by atomic mass is 10.0. The average molecular weight is 282 g/mol. The van der Waals surface area contributed by atoms with Gasteiger partial charge in [-0.15, -0.1) is 0 Å². The molecular formula is C18H18O3. The largest absolute Gasteiger partial charge is 0.497 e. The molecule has 1 atom stereocenters. The minimum Gasteiger partial charge on any atom is -0.497 e. The van der Waals surface area contributed by atoms with Crippen LogP contribution in [0.25, 0.3) is 0 Å². The molecule has 0 saturated heterocycles. The van der Waals surface area contributed by atoms with Gasteiger partial charge >= 0.3 is 5.97 Å². The number of ether oxygens (including phenoxy) is 2. The van der Waals surface area contributed by atoms with Gasteiger partial charge < -0.3 is 9.47 Å². The molecule has 0 aliphatic heterocycles. The molecule has 0 heterocycles. The van der Waals surface area contributed by atoms with Crippen molar-refractivity contribution in [3.63, 3.8) is 0 Å². The highest BCUT2D eigenvalue weighted by atomic mass is 16.5. The second kappa shape index (κ2) is 6.75. The first-order chi connectivity index (χ1) is 10.1. The maximum atomic E-state index is 11.9. The van der Waals surface area contributed by atoms with Crippen LogP contribution in [0.2, 0.25) is 0 Å². The van der Waals surface area contributed by atoms with Gasteiger partial charge in [-0.2, -0.15) is 0 Å². The van der Waals surface area contributed by atoms with Crippen molar-refractivity contribution in [1.82, 2.24) is 0 Å². The molecule has 0 bridgehead atoms. The second-order valence-electron chi connectivity index (χ2n) is 4.75. The number of rotatable bonds is 5. The zero-order valence-electron chi connectivity index (χ0n) is 12.2. The molecule has 2 aromatic carbocycles. The quantitative estimate of drug-likeness (QED) is 0.616. The Morgan fingerprint density at radius 1 is 1.00 bits per heavy atom. The number of carbonyl (C=O) groups excluding carboxylic acids is 1. The molecule has 0 amide bonds. The Morgan fingerprint density at radius 2 is 1.57 bits per heavy atom. The second-order valence-corrected chi connectivity index (χ2v) is 4.75. The first kappa shape index (κ1) is 14.9. The van der Waals surface area contributed by atoms with E-state index in [1.807, 2.05) is 54.6 Å². The summed E-state index contributed by atoms with van der Waals surface area (Å²) in [6.07, 6.45) is -0.457. The molecule has 0 aliphatic rings. The molecule has 0 saturated carbocycles. The summed E-state index contributed by atoms with van der Waals surface area (Å²) in [5.74, 6) is 0.358. The summed E-state index contributed by atoms with van der Waals surface area (Å²) in [5, 5.41) is 0. The highest BCUT2D eigenvalue weighted by molar-refractivity contribution is 5.87. The summed E-state index contributed by atoms with van der Waals surface area (Å²) in [7, 11) is 1.62. The average Bonchev–Trinajstić information content (AvgIpc) is 2.53. The molecule has 0 spiro atoms. The van der Waals surface area contributed by atoms with Crippen molar-refractivity contribution in [2.75, 3.05) is 7.11 Å². The fourth-order valence-electron chi connectivity index (χ4n) is 1.94. The van der Waals surface area contributed by atoms with Crippen LogP contribution in [0, 0.1) is 0 Å².